The Bertz CT molecular complexity index is 625. The molecule has 1 aliphatic rings. The number of aromatic nitrogens is 1. The van der Waals surface area contributed by atoms with Crippen LogP contribution in [0.2, 0.25) is 0 Å². The maximum Gasteiger partial charge on any atom is 0.239 e. The molecule has 1 aromatic heterocycles. The predicted octanol–water partition coefficient (Wildman–Crippen LogP) is 3.15. The maximum absolute atomic E-state index is 5.93. The van der Waals surface area contributed by atoms with E-state index in [0.717, 1.165) is 18.8 Å². The first-order valence-electron chi connectivity index (χ1n) is 6.94. The first-order chi connectivity index (χ1) is 9.65. The summed E-state index contributed by atoms with van der Waals surface area (Å²) in [6.07, 6.45) is 1.11. The quantitative estimate of drug-likeness (QED) is 0.930. The van der Waals surface area contributed by atoms with Gasteiger partial charge in [-0.25, -0.2) is 0 Å². The van der Waals surface area contributed by atoms with Crippen LogP contribution in [0.5, 0.6) is 5.88 Å². The van der Waals surface area contributed by atoms with Crippen molar-refractivity contribution in [1.82, 2.24) is 4.98 Å². The fraction of sp³-hybridized carbons (Fsp3) is 0.312. The molecule has 0 spiro atoms. The van der Waals surface area contributed by atoms with E-state index in [4.69, 9.17) is 10.5 Å². The molecule has 0 radical (unpaired) electrons. The number of anilines is 3. The molecule has 0 bridgehead atoms. The van der Waals surface area contributed by atoms with E-state index < -0.39 is 0 Å². The van der Waals surface area contributed by atoms with E-state index in [2.05, 4.69) is 34.1 Å². The lowest BCUT2D eigenvalue weighted by Gasteiger charge is -2.20. The molecule has 1 aliphatic heterocycles. The first kappa shape index (κ1) is 12.8. The summed E-state index contributed by atoms with van der Waals surface area (Å²) >= 11 is 0. The number of nitrogen functional groups attached to an aromatic ring is 1. The number of hydrogen-bond donors (Lipinski definition) is 1. The highest BCUT2D eigenvalue weighted by Crippen LogP contribution is 2.35. The normalized spacial score (nSPS) is 13.7. The van der Waals surface area contributed by atoms with Crippen molar-refractivity contribution < 1.29 is 4.74 Å². The van der Waals surface area contributed by atoms with Gasteiger partial charge in [0.1, 0.15) is 5.82 Å². The molecule has 2 heterocycles. The van der Waals surface area contributed by atoms with Crippen LogP contribution in [-0.2, 0) is 6.42 Å². The number of nitrogens with two attached hydrogens (primary N) is 1. The lowest BCUT2D eigenvalue weighted by atomic mass is 10.2. The molecule has 2 aromatic rings. The van der Waals surface area contributed by atoms with Crippen molar-refractivity contribution in [3.63, 3.8) is 0 Å². The highest BCUT2D eigenvalue weighted by atomic mass is 16.5. The summed E-state index contributed by atoms with van der Waals surface area (Å²) in [4.78, 5) is 6.78. The number of fused-ring (bicyclic) bond motifs is 1. The molecule has 0 fully saturated rings. The van der Waals surface area contributed by atoms with Crippen LogP contribution in [0, 0.1) is 0 Å². The Morgan fingerprint density at radius 1 is 1.20 bits per heavy atom. The molecule has 20 heavy (non-hydrogen) atoms. The van der Waals surface area contributed by atoms with E-state index in [9.17, 15) is 0 Å². The number of nitrogens with zero attached hydrogens (tertiary/aromatic N) is 2. The lowest BCUT2D eigenvalue weighted by Crippen LogP contribution is -2.16. The molecule has 0 saturated carbocycles. The van der Waals surface area contributed by atoms with Crippen molar-refractivity contribution in [1.29, 1.82) is 0 Å². The van der Waals surface area contributed by atoms with Crippen molar-refractivity contribution in [3.8, 4) is 5.88 Å². The van der Waals surface area contributed by atoms with Gasteiger partial charge in [0, 0.05) is 12.2 Å². The summed E-state index contributed by atoms with van der Waals surface area (Å²) in [5, 5.41) is 0. The van der Waals surface area contributed by atoms with E-state index in [0.29, 0.717) is 11.6 Å². The Balaban J connectivity index is 1.96. The fourth-order valence-electron chi connectivity index (χ4n) is 2.49. The average molecular weight is 269 g/mol. The van der Waals surface area contributed by atoms with Gasteiger partial charge in [-0.2, -0.15) is 4.98 Å². The highest BCUT2D eigenvalue weighted by Gasteiger charge is 2.21. The minimum atomic E-state index is 0.0610. The molecule has 2 N–H and O–H groups in total. The number of hydrogen-bond acceptors (Lipinski definition) is 4. The Morgan fingerprint density at radius 2 is 2.00 bits per heavy atom. The molecule has 104 valence electrons. The van der Waals surface area contributed by atoms with Gasteiger partial charge in [0.25, 0.3) is 0 Å². The summed E-state index contributed by atoms with van der Waals surface area (Å²) in [7, 11) is 0. The molecule has 0 saturated heterocycles. The van der Waals surface area contributed by atoms with Gasteiger partial charge in [-0.05, 0) is 44.0 Å². The molecule has 0 atom stereocenters. The van der Waals surface area contributed by atoms with Gasteiger partial charge < -0.3 is 15.4 Å². The molecule has 3 rings (SSSR count). The maximum atomic E-state index is 5.93. The molecule has 0 aliphatic carbocycles. The largest absolute Gasteiger partial charge is 0.473 e. The molecule has 4 nitrogen and oxygen atoms in total. The second kappa shape index (κ2) is 5.04. The second-order valence-electron chi connectivity index (χ2n) is 5.26. The zero-order chi connectivity index (χ0) is 14.1. The third-order valence-electron chi connectivity index (χ3n) is 3.39. The smallest absolute Gasteiger partial charge is 0.239 e. The van der Waals surface area contributed by atoms with E-state index >= 15 is 0 Å². The van der Waals surface area contributed by atoms with Crippen LogP contribution in [0.15, 0.2) is 36.4 Å². The molecule has 0 amide bonds. The SMILES string of the molecule is CC(C)Oc1nc(N2CCc3ccccc32)ccc1N. The molecule has 4 heteroatoms. The number of para-hydroxylation sites is 1. The van der Waals surface area contributed by atoms with Crippen molar-refractivity contribution >= 4 is 17.2 Å². The zero-order valence-corrected chi connectivity index (χ0v) is 11.8. The summed E-state index contributed by atoms with van der Waals surface area (Å²) in [6, 6.07) is 12.2. The zero-order valence-electron chi connectivity index (χ0n) is 11.8. The minimum absolute atomic E-state index is 0.0610. The van der Waals surface area contributed by atoms with Gasteiger partial charge in [0.15, 0.2) is 0 Å². The van der Waals surface area contributed by atoms with Crippen molar-refractivity contribution in [3.05, 3.63) is 42.0 Å². The van der Waals surface area contributed by atoms with Crippen molar-refractivity contribution in [2.45, 2.75) is 26.4 Å². The lowest BCUT2D eigenvalue weighted by molar-refractivity contribution is 0.234. The number of benzene rings is 1. The predicted molar refractivity (Wildman–Crippen MR) is 81.6 cm³/mol. The monoisotopic (exact) mass is 269 g/mol. The minimum Gasteiger partial charge on any atom is -0.473 e. The van der Waals surface area contributed by atoms with E-state index in [1.165, 1.54) is 11.3 Å². The highest BCUT2D eigenvalue weighted by molar-refractivity contribution is 5.69. The topological polar surface area (TPSA) is 51.4 Å². The van der Waals surface area contributed by atoms with Gasteiger partial charge in [-0.1, -0.05) is 18.2 Å². The van der Waals surface area contributed by atoms with Crippen LogP contribution in [0.25, 0.3) is 0 Å². The summed E-state index contributed by atoms with van der Waals surface area (Å²) < 4.78 is 5.67. The van der Waals surface area contributed by atoms with Crippen LogP contribution in [0.3, 0.4) is 0 Å². The van der Waals surface area contributed by atoms with E-state index in [1.807, 2.05) is 26.0 Å². The Hall–Kier alpha value is -2.23. The van der Waals surface area contributed by atoms with Crippen LogP contribution >= 0.6 is 0 Å². The van der Waals surface area contributed by atoms with Crippen molar-refractivity contribution in [2.24, 2.45) is 0 Å². The average Bonchev–Trinajstić information content (AvgIpc) is 2.85. The van der Waals surface area contributed by atoms with Gasteiger partial charge in [-0.3, -0.25) is 0 Å². The standard InChI is InChI=1S/C16H19N3O/c1-11(2)20-16-13(17)7-8-15(18-16)19-10-9-12-5-3-4-6-14(12)19/h3-8,11H,9-10,17H2,1-2H3. The molecule has 1 aromatic carbocycles. The van der Waals surface area contributed by atoms with Gasteiger partial charge in [0.05, 0.1) is 11.8 Å². The van der Waals surface area contributed by atoms with Crippen LogP contribution in [0.4, 0.5) is 17.2 Å². The van der Waals surface area contributed by atoms with Gasteiger partial charge >= 0.3 is 0 Å². The summed E-state index contributed by atoms with van der Waals surface area (Å²) in [5.41, 5.74) is 9.08. The van der Waals surface area contributed by atoms with Crippen LogP contribution in [0.1, 0.15) is 19.4 Å². The van der Waals surface area contributed by atoms with E-state index in [1.54, 1.807) is 0 Å². The van der Waals surface area contributed by atoms with Gasteiger partial charge in [-0.15, -0.1) is 0 Å². The second-order valence-corrected chi connectivity index (χ2v) is 5.26. The first-order valence-corrected chi connectivity index (χ1v) is 6.94. The van der Waals surface area contributed by atoms with Crippen molar-refractivity contribution in [2.75, 3.05) is 17.2 Å². The summed E-state index contributed by atoms with van der Waals surface area (Å²) in [6.45, 7) is 4.88. The van der Waals surface area contributed by atoms with Gasteiger partial charge in [0.2, 0.25) is 5.88 Å². The van der Waals surface area contributed by atoms with Crippen LogP contribution < -0.4 is 15.4 Å². The molecular formula is C16H19N3O. The molecule has 0 unspecified atom stereocenters. The number of pyridine rings is 1. The fourth-order valence-corrected chi connectivity index (χ4v) is 2.49. The Labute approximate surface area is 119 Å². The number of rotatable bonds is 3. The molecular weight excluding hydrogens is 250 g/mol. The third kappa shape index (κ3) is 2.29. The Kier molecular flexibility index (Phi) is 3.22. The number of ether oxygens (including phenoxy) is 1. The van der Waals surface area contributed by atoms with E-state index in [-0.39, 0.29) is 6.10 Å². The van der Waals surface area contributed by atoms with Crippen LogP contribution in [-0.4, -0.2) is 17.6 Å². The Morgan fingerprint density at radius 3 is 2.80 bits per heavy atom. The third-order valence-corrected chi connectivity index (χ3v) is 3.39. The summed E-state index contributed by atoms with van der Waals surface area (Å²) in [5.74, 6) is 1.40.